The van der Waals surface area contributed by atoms with E-state index in [1.807, 2.05) is 19.1 Å². The van der Waals surface area contributed by atoms with Gasteiger partial charge < -0.3 is 15.8 Å². The smallest absolute Gasteiger partial charge is 0.224 e. The van der Waals surface area contributed by atoms with Crippen LogP contribution >= 0.6 is 0 Å². The fourth-order valence-electron chi connectivity index (χ4n) is 1.69. The van der Waals surface area contributed by atoms with Gasteiger partial charge in [0.15, 0.2) is 0 Å². The zero-order valence-corrected chi connectivity index (χ0v) is 11.3. The van der Waals surface area contributed by atoms with Crippen LogP contribution in [0.5, 0.6) is 5.75 Å². The van der Waals surface area contributed by atoms with Crippen LogP contribution in [0.15, 0.2) is 18.2 Å². The van der Waals surface area contributed by atoms with Crippen LogP contribution in [0, 0.1) is 5.92 Å². The van der Waals surface area contributed by atoms with E-state index in [0.29, 0.717) is 13.1 Å². The molecule has 0 saturated heterocycles. The van der Waals surface area contributed by atoms with Crippen molar-refractivity contribution in [3.8, 4) is 5.75 Å². The highest BCUT2D eigenvalue weighted by Gasteiger charge is 2.10. The Kier molecular flexibility index (Phi) is 5.65. The summed E-state index contributed by atoms with van der Waals surface area (Å²) in [5.74, 6) is 0.739. The van der Waals surface area contributed by atoms with Gasteiger partial charge in [0.2, 0.25) is 5.91 Å². The molecule has 0 saturated carbocycles. The molecule has 1 aromatic carbocycles. The molecule has 0 radical (unpaired) electrons. The number of nitrogens with two attached hydrogens (primary N) is 1. The molecule has 0 heterocycles. The molecule has 1 rings (SSSR count). The quantitative estimate of drug-likeness (QED) is 0.803. The number of nitrogens with one attached hydrogen (secondary N) is 1. The van der Waals surface area contributed by atoms with Crippen molar-refractivity contribution in [2.75, 3.05) is 13.7 Å². The Morgan fingerprint density at radius 2 is 2.22 bits per heavy atom. The van der Waals surface area contributed by atoms with Crippen LogP contribution in [-0.4, -0.2) is 19.6 Å². The molecule has 0 aliphatic heterocycles. The van der Waals surface area contributed by atoms with Gasteiger partial charge in [-0.2, -0.15) is 0 Å². The molecule has 18 heavy (non-hydrogen) atoms. The molecule has 0 aromatic heterocycles. The Morgan fingerprint density at radius 3 is 2.78 bits per heavy atom. The summed E-state index contributed by atoms with van der Waals surface area (Å²) in [7, 11) is 1.67. The summed E-state index contributed by atoms with van der Waals surface area (Å²) >= 11 is 0. The molecule has 100 valence electrons. The molecule has 4 heteroatoms. The number of rotatable bonds is 6. The lowest BCUT2D eigenvalue weighted by Crippen LogP contribution is -2.32. The second-order valence-electron chi connectivity index (χ2n) is 4.35. The maximum absolute atomic E-state index is 11.6. The van der Waals surface area contributed by atoms with E-state index in [2.05, 4.69) is 18.3 Å². The lowest BCUT2D eigenvalue weighted by Gasteiger charge is -2.12. The van der Waals surface area contributed by atoms with Gasteiger partial charge >= 0.3 is 0 Å². The minimum Gasteiger partial charge on any atom is -0.496 e. The summed E-state index contributed by atoms with van der Waals surface area (Å²) in [4.78, 5) is 11.6. The van der Waals surface area contributed by atoms with E-state index in [1.54, 1.807) is 7.11 Å². The summed E-state index contributed by atoms with van der Waals surface area (Å²) in [5.41, 5.74) is 7.67. The molecule has 0 bridgehead atoms. The van der Waals surface area contributed by atoms with Crippen molar-refractivity contribution in [3.63, 3.8) is 0 Å². The summed E-state index contributed by atoms with van der Waals surface area (Å²) in [6.45, 7) is 4.80. The summed E-state index contributed by atoms with van der Waals surface area (Å²) in [5, 5.41) is 2.88. The third kappa shape index (κ3) is 3.74. The van der Waals surface area contributed by atoms with Crippen molar-refractivity contribution in [2.45, 2.75) is 26.8 Å². The fourth-order valence-corrected chi connectivity index (χ4v) is 1.69. The third-order valence-corrected chi connectivity index (χ3v) is 2.99. The van der Waals surface area contributed by atoms with Gasteiger partial charge in [-0.1, -0.05) is 26.0 Å². The van der Waals surface area contributed by atoms with E-state index in [9.17, 15) is 4.79 Å². The average molecular weight is 250 g/mol. The van der Waals surface area contributed by atoms with Crippen LogP contribution in [0.4, 0.5) is 0 Å². The first-order chi connectivity index (χ1) is 8.62. The molecule has 1 aromatic rings. The number of hydrogen-bond donors (Lipinski definition) is 2. The molecular weight excluding hydrogens is 228 g/mol. The molecule has 1 amide bonds. The zero-order chi connectivity index (χ0) is 13.5. The maximum Gasteiger partial charge on any atom is 0.224 e. The van der Waals surface area contributed by atoms with Crippen molar-refractivity contribution in [2.24, 2.45) is 11.7 Å². The summed E-state index contributed by atoms with van der Waals surface area (Å²) in [6, 6.07) is 5.96. The number of ether oxygens (including phenoxy) is 1. The molecule has 0 aliphatic carbocycles. The van der Waals surface area contributed by atoms with E-state index in [-0.39, 0.29) is 11.8 Å². The Bertz CT molecular complexity index is 405. The summed E-state index contributed by atoms with van der Waals surface area (Å²) in [6.07, 6.45) is 0.907. The first-order valence-electron chi connectivity index (χ1n) is 6.25. The van der Waals surface area contributed by atoms with Crippen LogP contribution in [0.3, 0.4) is 0 Å². The average Bonchev–Trinajstić information content (AvgIpc) is 2.43. The van der Waals surface area contributed by atoms with E-state index in [1.165, 1.54) is 0 Å². The van der Waals surface area contributed by atoms with Gasteiger partial charge in [0, 0.05) is 19.0 Å². The standard InChI is InChI=1S/C14H22N2O2/c1-4-12-7-11(5-6-13(12)18-3)9-16-14(17)10(2)8-15/h5-7,10H,4,8-9,15H2,1-3H3,(H,16,17). The largest absolute Gasteiger partial charge is 0.496 e. The van der Waals surface area contributed by atoms with Crippen molar-refractivity contribution < 1.29 is 9.53 Å². The second kappa shape index (κ2) is 7.01. The number of aryl methyl sites for hydroxylation is 1. The SMILES string of the molecule is CCc1cc(CNC(=O)C(C)CN)ccc1OC. The van der Waals surface area contributed by atoms with Crippen LogP contribution < -0.4 is 15.8 Å². The normalized spacial score (nSPS) is 12.0. The fraction of sp³-hybridized carbons (Fsp3) is 0.500. The predicted octanol–water partition coefficient (Wildman–Crippen LogP) is 1.47. The molecule has 0 spiro atoms. The number of carbonyl (C=O) groups excluding carboxylic acids is 1. The Balaban J connectivity index is 2.66. The van der Waals surface area contributed by atoms with Gasteiger partial charge in [-0.25, -0.2) is 0 Å². The van der Waals surface area contributed by atoms with E-state index < -0.39 is 0 Å². The van der Waals surface area contributed by atoms with Gasteiger partial charge in [0.1, 0.15) is 5.75 Å². The number of methoxy groups -OCH3 is 1. The first-order valence-corrected chi connectivity index (χ1v) is 6.25. The summed E-state index contributed by atoms with van der Waals surface area (Å²) < 4.78 is 5.27. The van der Waals surface area contributed by atoms with Crippen molar-refractivity contribution in [3.05, 3.63) is 29.3 Å². The Morgan fingerprint density at radius 1 is 1.50 bits per heavy atom. The minimum absolute atomic E-state index is 0.00799. The number of hydrogen-bond acceptors (Lipinski definition) is 3. The molecule has 3 N–H and O–H groups in total. The van der Waals surface area contributed by atoms with Crippen molar-refractivity contribution in [1.82, 2.24) is 5.32 Å². The molecule has 4 nitrogen and oxygen atoms in total. The van der Waals surface area contributed by atoms with Gasteiger partial charge in [0.05, 0.1) is 7.11 Å². The highest BCUT2D eigenvalue weighted by atomic mass is 16.5. The van der Waals surface area contributed by atoms with Gasteiger partial charge in [-0.3, -0.25) is 4.79 Å². The maximum atomic E-state index is 11.6. The number of benzene rings is 1. The van der Waals surface area contributed by atoms with Crippen molar-refractivity contribution in [1.29, 1.82) is 0 Å². The highest BCUT2D eigenvalue weighted by Crippen LogP contribution is 2.20. The first kappa shape index (κ1) is 14.5. The Labute approximate surface area is 109 Å². The number of carbonyl (C=O) groups is 1. The van der Waals surface area contributed by atoms with Gasteiger partial charge in [-0.05, 0) is 23.6 Å². The van der Waals surface area contributed by atoms with E-state index >= 15 is 0 Å². The second-order valence-corrected chi connectivity index (χ2v) is 4.35. The lowest BCUT2D eigenvalue weighted by atomic mass is 10.1. The van der Waals surface area contributed by atoms with Crippen LogP contribution in [0.25, 0.3) is 0 Å². The predicted molar refractivity (Wildman–Crippen MR) is 72.4 cm³/mol. The minimum atomic E-state index is -0.145. The van der Waals surface area contributed by atoms with E-state index in [4.69, 9.17) is 10.5 Å². The number of amides is 1. The van der Waals surface area contributed by atoms with E-state index in [0.717, 1.165) is 23.3 Å². The van der Waals surface area contributed by atoms with Crippen LogP contribution in [0.2, 0.25) is 0 Å². The molecule has 0 aliphatic rings. The molecule has 0 fully saturated rings. The Hall–Kier alpha value is -1.55. The monoisotopic (exact) mass is 250 g/mol. The van der Waals surface area contributed by atoms with Crippen molar-refractivity contribution >= 4 is 5.91 Å². The van der Waals surface area contributed by atoms with Gasteiger partial charge in [-0.15, -0.1) is 0 Å². The lowest BCUT2D eigenvalue weighted by molar-refractivity contribution is -0.124. The van der Waals surface area contributed by atoms with Crippen LogP contribution in [-0.2, 0) is 17.8 Å². The molecule has 1 atom stereocenters. The molecular formula is C14H22N2O2. The van der Waals surface area contributed by atoms with Gasteiger partial charge in [0.25, 0.3) is 0 Å². The van der Waals surface area contributed by atoms with Crippen LogP contribution in [0.1, 0.15) is 25.0 Å². The topological polar surface area (TPSA) is 64.4 Å². The zero-order valence-electron chi connectivity index (χ0n) is 11.3. The highest BCUT2D eigenvalue weighted by molar-refractivity contribution is 5.78. The third-order valence-electron chi connectivity index (χ3n) is 2.99. The molecule has 1 unspecified atom stereocenters.